The SMILES string of the molecule is COc1ccccc1N=c1scc(-c2cccs2)n1NC1=CCCC1. The first-order valence-corrected chi connectivity index (χ1v) is 9.99. The Bertz CT molecular complexity index is 951. The van der Waals surface area contributed by atoms with Crippen LogP contribution in [0.15, 0.2) is 63.9 Å². The minimum atomic E-state index is 0.778. The maximum absolute atomic E-state index is 5.44. The molecule has 0 aliphatic heterocycles. The van der Waals surface area contributed by atoms with E-state index >= 15 is 0 Å². The molecule has 128 valence electrons. The lowest BCUT2D eigenvalue weighted by atomic mass is 10.3. The number of nitrogens with one attached hydrogen (secondary N) is 1. The van der Waals surface area contributed by atoms with Crippen LogP contribution < -0.4 is 15.0 Å². The maximum atomic E-state index is 5.44. The molecule has 0 spiro atoms. The number of rotatable bonds is 5. The number of hydrogen-bond acceptors (Lipinski definition) is 5. The lowest BCUT2D eigenvalue weighted by Crippen LogP contribution is -2.25. The summed E-state index contributed by atoms with van der Waals surface area (Å²) in [4.78, 5) is 6.99. The molecule has 0 atom stereocenters. The van der Waals surface area contributed by atoms with Gasteiger partial charge < -0.3 is 4.74 Å². The van der Waals surface area contributed by atoms with Crippen molar-refractivity contribution in [3.63, 3.8) is 0 Å². The van der Waals surface area contributed by atoms with Crippen molar-refractivity contribution in [2.75, 3.05) is 12.5 Å². The van der Waals surface area contributed by atoms with Gasteiger partial charge in [0, 0.05) is 11.1 Å². The molecule has 1 N–H and O–H groups in total. The van der Waals surface area contributed by atoms with E-state index in [1.54, 1.807) is 29.8 Å². The lowest BCUT2D eigenvalue weighted by molar-refractivity contribution is 0.416. The third-order valence-electron chi connectivity index (χ3n) is 4.08. The molecule has 2 aromatic heterocycles. The Labute approximate surface area is 154 Å². The smallest absolute Gasteiger partial charge is 0.209 e. The van der Waals surface area contributed by atoms with Crippen LogP contribution in [0.4, 0.5) is 5.69 Å². The molecule has 2 heterocycles. The average Bonchev–Trinajstić information content (AvgIpc) is 3.39. The van der Waals surface area contributed by atoms with Gasteiger partial charge in [-0.3, -0.25) is 5.43 Å². The molecule has 0 fully saturated rings. The number of nitrogens with zero attached hydrogens (tertiary/aromatic N) is 2. The maximum Gasteiger partial charge on any atom is 0.209 e. The fraction of sp³-hybridized carbons (Fsp3) is 0.211. The molecule has 4 nitrogen and oxygen atoms in total. The van der Waals surface area contributed by atoms with Crippen LogP contribution in [0.2, 0.25) is 0 Å². The second-order valence-corrected chi connectivity index (χ2v) is 7.52. The summed E-state index contributed by atoms with van der Waals surface area (Å²) < 4.78 is 7.54. The normalized spacial score (nSPS) is 14.6. The van der Waals surface area contributed by atoms with Gasteiger partial charge in [-0.1, -0.05) is 24.3 Å². The van der Waals surface area contributed by atoms with Gasteiger partial charge in [-0.2, -0.15) is 0 Å². The summed E-state index contributed by atoms with van der Waals surface area (Å²) in [5, 5.41) is 4.26. The molecule has 1 aromatic carbocycles. The first kappa shape index (κ1) is 16.2. The summed E-state index contributed by atoms with van der Waals surface area (Å²) in [6, 6.07) is 12.1. The van der Waals surface area contributed by atoms with E-state index in [0.717, 1.165) is 34.8 Å². The standard InChI is InChI=1S/C19H19N3OS2/c1-23-17-10-5-4-9-15(17)20-19-22(21-14-7-2-3-8-14)16(13-25-19)18-11-6-12-24-18/h4-7,9-13,21H,2-3,8H2,1H3. The Morgan fingerprint density at radius 2 is 2.08 bits per heavy atom. The molecule has 1 aliphatic carbocycles. The van der Waals surface area contributed by atoms with Gasteiger partial charge in [-0.25, -0.2) is 9.67 Å². The second kappa shape index (κ2) is 7.29. The molecule has 0 unspecified atom stereocenters. The Morgan fingerprint density at radius 1 is 1.16 bits per heavy atom. The quantitative estimate of drug-likeness (QED) is 0.677. The zero-order valence-corrected chi connectivity index (χ0v) is 15.6. The molecule has 1 aliphatic rings. The fourth-order valence-electron chi connectivity index (χ4n) is 2.84. The first-order chi connectivity index (χ1) is 12.3. The number of aromatic nitrogens is 1. The largest absolute Gasteiger partial charge is 0.494 e. The van der Waals surface area contributed by atoms with Crippen molar-refractivity contribution in [2.45, 2.75) is 19.3 Å². The van der Waals surface area contributed by atoms with Crippen molar-refractivity contribution < 1.29 is 4.74 Å². The van der Waals surface area contributed by atoms with Gasteiger partial charge in [0.15, 0.2) is 0 Å². The molecule has 0 saturated heterocycles. The van der Waals surface area contributed by atoms with Gasteiger partial charge in [-0.05, 0) is 42.8 Å². The summed E-state index contributed by atoms with van der Waals surface area (Å²) in [5.74, 6) is 0.778. The molecule has 3 aromatic rings. The Kier molecular flexibility index (Phi) is 4.72. The predicted molar refractivity (Wildman–Crippen MR) is 105 cm³/mol. The molecule has 4 rings (SSSR count). The number of thiophene rings is 1. The van der Waals surface area contributed by atoms with Crippen LogP contribution in [-0.2, 0) is 0 Å². The third kappa shape index (κ3) is 3.41. The predicted octanol–water partition coefficient (Wildman–Crippen LogP) is 5.13. The Hall–Kier alpha value is -2.31. The fourth-order valence-corrected chi connectivity index (χ4v) is 4.49. The van der Waals surface area contributed by atoms with Crippen molar-refractivity contribution in [1.29, 1.82) is 0 Å². The van der Waals surface area contributed by atoms with Gasteiger partial charge in [0.2, 0.25) is 4.80 Å². The van der Waals surface area contributed by atoms with Gasteiger partial charge in [0.05, 0.1) is 17.7 Å². The molecule has 0 saturated carbocycles. The van der Waals surface area contributed by atoms with Crippen LogP contribution in [0.3, 0.4) is 0 Å². The average molecular weight is 370 g/mol. The second-order valence-electron chi connectivity index (χ2n) is 5.73. The molecular formula is C19H19N3OS2. The van der Waals surface area contributed by atoms with E-state index in [9.17, 15) is 0 Å². The topological polar surface area (TPSA) is 38.5 Å². The number of thiazole rings is 1. The minimum Gasteiger partial charge on any atom is -0.494 e. The van der Waals surface area contributed by atoms with Gasteiger partial charge in [0.1, 0.15) is 11.4 Å². The van der Waals surface area contributed by atoms with E-state index in [4.69, 9.17) is 9.73 Å². The van der Waals surface area contributed by atoms with E-state index < -0.39 is 0 Å². The van der Waals surface area contributed by atoms with Crippen LogP contribution in [0.5, 0.6) is 5.75 Å². The lowest BCUT2D eigenvalue weighted by Gasteiger charge is -2.12. The number of hydrogen-bond donors (Lipinski definition) is 1. The van der Waals surface area contributed by atoms with Crippen molar-refractivity contribution >= 4 is 28.4 Å². The van der Waals surface area contributed by atoms with Crippen LogP contribution in [0.25, 0.3) is 10.6 Å². The molecule has 0 bridgehead atoms. The van der Waals surface area contributed by atoms with E-state index in [-0.39, 0.29) is 0 Å². The first-order valence-electron chi connectivity index (χ1n) is 8.23. The Morgan fingerprint density at radius 3 is 2.84 bits per heavy atom. The van der Waals surface area contributed by atoms with E-state index in [1.165, 1.54) is 17.0 Å². The Balaban J connectivity index is 1.83. The van der Waals surface area contributed by atoms with E-state index in [0.29, 0.717) is 0 Å². The van der Waals surface area contributed by atoms with Crippen LogP contribution in [0, 0.1) is 0 Å². The number of ether oxygens (including phenoxy) is 1. The molecule has 0 amide bonds. The van der Waals surface area contributed by atoms with Crippen molar-refractivity contribution in [1.82, 2.24) is 4.68 Å². The van der Waals surface area contributed by atoms with Crippen molar-refractivity contribution in [3.8, 4) is 16.3 Å². The number of methoxy groups -OCH3 is 1. The molecule has 25 heavy (non-hydrogen) atoms. The van der Waals surface area contributed by atoms with Crippen molar-refractivity contribution in [3.05, 3.63) is 63.7 Å². The van der Waals surface area contributed by atoms with Crippen LogP contribution in [-0.4, -0.2) is 11.8 Å². The molecular weight excluding hydrogens is 350 g/mol. The van der Waals surface area contributed by atoms with E-state index in [2.05, 4.69) is 39.1 Å². The van der Waals surface area contributed by atoms with Gasteiger partial charge in [-0.15, -0.1) is 22.7 Å². The molecule has 6 heteroatoms. The van der Waals surface area contributed by atoms with Gasteiger partial charge in [0.25, 0.3) is 0 Å². The van der Waals surface area contributed by atoms with Crippen molar-refractivity contribution in [2.24, 2.45) is 4.99 Å². The minimum absolute atomic E-state index is 0.778. The van der Waals surface area contributed by atoms with E-state index in [1.807, 2.05) is 24.3 Å². The summed E-state index contributed by atoms with van der Waals surface area (Å²) in [7, 11) is 1.68. The summed E-state index contributed by atoms with van der Waals surface area (Å²) >= 11 is 3.36. The summed E-state index contributed by atoms with van der Waals surface area (Å²) in [5.41, 5.74) is 6.80. The zero-order chi connectivity index (χ0) is 17.1. The highest BCUT2D eigenvalue weighted by Gasteiger charge is 2.12. The highest BCUT2D eigenvalue weighted by Crippen LogP contribution is 2.28. The van der Waals surface area contributed by atoms with Crippen LogP contribution >= 0.6 is 22.7 Å². The number of allylic oxidation sites excluding steroid dienone is 2. The zero-order valence-electron chi connectivity index (χ0n) is 13.9. The van der Waals surface area contributed by atoms with Gasteiger partial charge >= 0.3 is 0 Å². The highest BCUT2D eigenvalue weighted by molar-refractivity contribution is 7.14. The molecule has 0 radical (unpaired) electrons. The monoisotopic (exact) mass is 369 g/mol. The third-order valence-corrected chi connectivity index (χ3v) is 5.80. The highest BCUT2D eigenvalue weighted by atomic mass is 32.1. The summed E-state index contributed by atoms with van der Waals surface area (Å²) in [6.07, 6.45) is 5.71. The number of benzene rings is 1. The summed E-state index contributed by atoms with van der Waals surface area (Å²) in [6.45, 7) is 0. The number of para-hydroxylation sites is 2. The van der Waals surface area contributed by atoms with Crippen LogP contribution in [0.1, 0.15) is 19.3 Å².